The summed E-state index contributed by atoms with van der Waals surface area (Å²) in [5.41, 5.74) is 2.37. The van der Waals surface area contributed by atoms with Crippen molar-refractivity contribution in [1.82, 2.24) is 0 Å². The minimum atomic E-state index is 0.301. The summed E-state index contributed by atoms with van der Waals surface area (Å²) in [5, 5.41) is 2.70. The van der Waals surface area contributed by atoms with E-state index in [1.54, 1.807) is 0 Å². The fourth-order valence-corrected chi connectivity index (χ4v) is 7.98. The van der Waals surface area contributed by atoms with Gasteiger partial charge in [-0.25, -0.2) is 0 Å². The molecule has 2 aromatic carbocycles. The van der Waals surface area contributed by atoms with Gasteiger partial charge in [-0.2, -0.15) is 0 Å². The van der Waals surface area contributed by atoms with Crippen LogP contribution in [0.2, 0.25) is 0 Å². The van der Waals surface area contributed by atoms with Crippen molar-refractivity contribution in [3.05, 3.63) is 47.5 Å². The van der Waals surface area contributed by atoms with Crippen LogP contribution in [0.1, 0.15) is 120 Å². The molecule has 0 bridgehead atoms. The van der Waals surface area contributed by atoms with Crippen molar-refractivity contribution >= 4 is 58.0 Å². The van der Waals surface area contributed by atoms with Gasteiger partial charge in [0, 0.05) is 32.2 Å². The van der Waals surface area contributed by atoms with Crippen molar-refractivity contribution in [2.75, 3.05) is 0 Å². The van der Waals surface area contributed by atoms with E-state index in [9.17, 15) is 4.79 Å². The number of rotatable bonds is 16. The minimum Gasteiger partial charge on any atom is -0.294 e. The third-order valence-electron chi connectivity index (χ3n) is 7.84. The molecule has 36 heavy (non-hydrogen) atoms. The lowest BCUT2D eigenvalue weighted by Crippen LogP contribution is -1.98. The molecule has 0 amide bonds. The lowest BCUT2D eigenvalue weighted by Gasteiger charge is -2.07. The topological polar surface area (TPSA) is 17.1 Å². The Balaban J connectivity index is 1.35. The van der Waals surface area contributed by atoms with Gasteiger partial charge in [0.25, 0.3) is 0 Å². The Bertz CT molecular complexity index is 1260. The standard InChI is InChI=1S/C33H44OS2/c1-4-6-7-9-14-17-29(34)26-19-21-28-31(23-26)36-32-27-20-18-25(22-30(27)35-33(28)32)16-13-11-8-10-12-15-24(3)5-2/h18-24H,4-17H2,1-3H3/t24-/m0/s1. The first-order valence-corrected chi connectivity index (χ1v) is 16.1. The number of aryl methyl sites for hydroxylation is 1. The molecule has 2 heterocycles. The van der Waals surface area contributed by atoms with E-state index in [1.165, 1.54) is 112 Å². The number of hydrogen-bond acceptors (Lipinski definition) is 3. The SMILES string of the molecule is CCCCCCCC(=O)c1ccc2c(c1)sc1c3ccc(CCCCCCC[C@@H](C)CC)cc3sc21. The number of hydrogen-bond donors (Lipinski definition) is 0. The Labute approximate surface area is 226 Å². The molecule has 194 valence electrons. The molecule has 0 fully saturated rings. The first-order chi connectivity index (χ1) is 17.6. The summed E-state index contributed by atoms with van der Waals surface area (Å²) >= 11 is 3.79. The number of Topliss-reactive ketones (excluding diaryl/α,β-unsaturated/α-hetero) is 1. The fourth-order valence-electron chi connectivity index (χ4n) is 5.22. The fraction of sp³-hybridized carbons (Fsp3) is 0.545. The van der Waals surface area contributed by atoms with Crippen LogP contribution in [-0.4, -0.2) is 5.78 Å². The summed E-state index contributed by atoms with van der Waals surface area (Å²) in [4.78, 5) is 12.7. The molecule has 1 atom stereocenters. The molecule has 3 heteroatoms. The lowest BCUT2D eigenvalue weighted by atomic mass is 9.99. The summed E-state index contributed by atoms with van der Waals surface area (Å²) in [7, 11) is 0. The molecule has 0 saturated heterocycles. The monoisotopic (exact) mass is 520 g/mol. The molecule has 0 N–H and O–H groups in total. The number of carbonyl (C=O) groups is 1. The third kappa shape index (κ3) is 6.98. The van der Waals surface area contributed by atoms with Crippen LogP contribution >= 0.6 is 22.7 Å². The van der Waals surface area contributed by atoms with E-state index in [1.807, 2.05) is 22.7 Å². The van der Waals surface area contributed by atoms with Crippen molar-refractivity contribution < 1.29 is 4.79 Å². The number of thiophene rings is 2. The van der Waals surface area contributed by atoms with Gasteiger partial charge in [0.15, 0.2) is 5.78 Å². The van der Waals surface area contributed by atoms with Crippen LogP contribution in [0, 0.1) is 5.92 Å². The highest BCUT2D eigenvalue weighted by atomic mass is 32.1. The van der Waals surface area contributed by atoms with Crippen LogP contribution in [0.25, 0.3) is 29.6 Å². The van der Waals surface area contributed by atoms with E-state index in [-0.39, 0.29) is 0 Å². The molecule has 4 rings (SSSR count). The maximum absolute atomic E-state index is 12.7. The van der Waals surface area contributed by atoms with Gasteiger partial charge in [-0.1, -0.05) is 109 Å². The van der Waals surface area contributed by atoms with Crippen LogP contribution in [-0.2, 0) is 6.42 Å². The first-order valence-electron chi connectivity index (χ1n) is 14.5. The zero-order valence-electron chi connectivity index (χ0n) is 22.7. The van der Waals surface area contributed by atoms with Crippen molar-refractivity contribution in [2.24, 2.45) is 5.92 Å². The molecule has 0 saturated carbocycles. The smallest absolute Gasteiger partial charge is 0.162 e. The molecule has 0 spiro atoms. The highest BCUT2D eigenvalue weighted by Gasteiger charge is 2.14. The molecule has 0 aliphatic rings. The predicted molar refractivity (Wildman–Crippen MR) is 163 cm³/mol. The van der Waals surface area contributed by atoms with E-state index in [0.29, 0.717) is 12.2 Å². The second kappa shape index (κ2) is 13.7. The Hall–Kier alpha value is -1.71. The molecule has 0 unspecified atom stereocenters. The number of fused-ring (bicyclic) bond motifs is 5. The molecule has 0 radical (unpaired) electrons. The van der Waals surface area contributed by atoms with Gasteiger partial charge >= 0.3 is 0 Å². The first kappa shape index (κ1) is 27.3. The quantitative estimate of drug-likeness (QED) is 0.106. The molecule has 1 nitrogen and oxygen atoms in total. The highest BCUT2D eigenvalue weighted by molar-refractivity contribution is 7.36. The maximum Gasteiger partial charge on any atom is 0.162 e. The largest absolute Gasteiger partial charge is 0.294 e. The van der Waals surface area contributed by atoms with E-state index in [4.69, 9.17) is 0 Å². The Kier molecular flexibility index (Phi) is 10.4. The van der Waals surface area contributed by atoms with E-state index in [2.05, 4.69) is 57.2 Å². The van der Waals surface area contributed by atoms with Crippen LogP contribution in [0.15, 0.2) is 36.4 Å². The maximum atomic E-state index is 12.7. The number of benzene rings is 2. The zero-order chi connectivity index (χ0) is 25.3. The van der Waals surface area contributed by atoms with Crippen LogP contribution in [0.3, 0.4) is 0 Å². The van der Waals surface area contributed by atoms with Crippen molar-refractivity contribution in [3.63, 3.8) is 0 Å². The second-order valence-corrected chi connectivity index (χ2v) is 12.9. The normalized spacial score (nSPS) is 12.8. The molecule has 4 aromatic rings. The van der Waals surface area contributed by atoms with E-state index in [0.717, 1.165) is 17.9 Å². The van der Waals surface area contributed by atoms with Gasteiger partial charge in [-0.05, 0) is 42.9 Å². The summed E-state index contributed by atoms with van der Waals surface area (Å²) in [5.74, 6) is 1.19. The molecular formula is C33H44OS2. The van der Waals surface area contributed by atoms with Crippen molar-refractivity contribution in [3.8, 4) is 0 Å². The van der Waals surface area contributed by atoms with Gasteiger partial charge in [0.1, 0.15) is 0 Å². The van der Waals surface area contributed by atoms with Crippen molar-refractivity contribution in [2.45, 2.75) is 111 Å². The molecule has 0 aliphatic heterocycles. The van der Waals surface area contributed by atoms with E-state index >= 15 is 0 Å². The average Bonchev–Trinajstić information content (AvgIpc) is 3.42. The van der Waals surface area contributed by atoms with Gasteiger partial charge < -0.3 is 0 Å². The summed E-state index contributed by atoms with van der Waals surface area (Å²) in [6, 6.07) is 13.5. The summed E-state index contributed by atoms with van der Waals surface area (Å²) in [6.07, 6.45) is 17.4. The highest BCUT2D eigenvalue weighted by Crippen LogP contribution is 2.44. The molecule has 0 aliphatic carbocycles. The Morgan fingerprint density at radius 1 is 0.750 bits per heavy atom. The lowest BCUT2D eigenvalue weighted by molar-refractivity contribution is 0.0979. The number of ketones is 1. The summed E-state index contributed by atoms with van der Waals surface area (Å²) in [6.45, 7) is 6.91. The predicted octanol–water partition coefficient (Wildman–Crippen LogP) is 11.7. The average molecular weight is 521 g/mol. The van der Waals surface area contributed by atoms with Gasteiger partial charge in [-0.15, -0.1) is 22.7 Å². The Morgan fingerprint density at radius 2 is 1.39 bits per heavy atom. The second-order valence-electron chi connectivity index (χ2n) is 10.8. The molecule has 2 aromatic heterocycles. The van der Waals surface area contributed by atoms with Gasteiger partial charge in [0.05, 0.1) is 9.40 Å². The van der Waals surface area contributed by atoms with Crippen molar-refractivity contribution in [1.29, 1.82) is 0 Å². The van der Waals surface area contributed by atoms with Gasteiger partial charge in [-0.3, -0.25) is 4.79 Å². The van der Waals surface area contributed by atoms with E-state index < -0.39 is 0 Å². The number of carbonyl (C=O) groups excluding carboxylic acids is 1. The zero-order valence-corrected chi connectivity index (χ0v) is 24.3. The van der Waals surface area contributed by atoms with Crippen LogP contribution in [0.4, 0.5) is 0 Å². The summed E-state index contributed by atoms with van der Waals surface area (Å²) < 4.78 is 5.45. The van der Waals surface area contributed by atoms with Crippen LogP contribution in [0.5, 0.6) is 0 Å². The third-order valence-corrected chi connectivity index (χ3v) is 10.3. The van der Waals surface area contributed by atoms with Crippen LogP contribution < -0.4 is 0 Å². The van der Waals surface area contributed by atoms with Gasteiger partial charge in [0.2, 0.25) is 0 Å². The Morgan fingerprint density at radius 3 is 2.14 bits per heavy atom. The number of unbranched alkanes of at least 4 members (excludes halogenated alkanes) is 8. The molecular weight excluding hydrogens is 476 g/mol. The minimum absolute atomic E-state index is 0.301.